The molecule has 5 heteroatoms. The Kier molecular flexibility index (Phi) is 16.9. The Hall–Kier alpha value is -4.09. The number of phenols is 1. The van der Waals surface area contributed by atoms with Crippen LogP contribution in [0.2, 0.25) is 0 Å². The van der Waals surface area contributed by atoms with Crippen LogP contribution in [0.5, 0.6) is 17.2 Å². The van der Waals surface area contributed by atoms with Gasteiger partial charge in [0.25, 0.3) is 0 Å². The van der Waals surface area contributed by atoms with Crippen molar-refractivity contribution in [2.75, 3.05) is 6.61 Å². The molecule has 0 aromatic heterocycles. The molecule has 4 atom stereocenters. The highest BCUT2D eigenvalue weighted by Crippen LogP contribution is 2.51. The lowest BCUT2D eigenvalue weighted by atomic mass is 9.63. The lowest BCUT2D eigenvalue weighted by Crippen LogP contribution is -2.28. The van der Waals surface area contributed by atoms with Gasteiger partial charge in [0, 0.05) is 24.7 Å². The van der Waals surface area contributed by atoms with Gasteiger partial charge in [-0.2, -0.15) is 0 Å². The first-order valence-corrected chi connectivity index (χ1v) is 22.3. The van der Waals surface area contributed by atoms with Gasteiger partial charge in [-0.3, -0.25) is 4.79 Å². The van der Waals surface area contributed by atoms with Crippen molar-refractivity contribution in [3.05, 3.63) is 124 Å². The molecule has 4 rings (SSSR count). The fraction of sp³-hybridized carbons (Fsp3) is 0.537. The number of benzene rings is 3. The maximum atomic E-state index is 11.6. The van der Waals surface area contributed by atoms with Crippen LogP contribution >= 0.6 is 0 Å². The van der Waals surface area contributed by atoms with Gasteiger partial charge >= 0.3 is 5.97 Å². The summed E-state index contributed by atoms with van der Waals surface area (Å²) in [6.45, 7) is 29.6. The van der Waals surface area contributed by atoms with Crippen molar-refractivity contribution < 1.29 is 24.1 Å². The lowest BCUT2D eigenvalue weighted by molar-refractivity contribution is -0.131. The third-order valence-corrected chi connectivity index (χ3v) is 12.7. The molecule has 0 bridgehead atoms. The molecule has 1 fully saturated rings. The highest BCUT2D eigenvalue weighted by Gasteiger charge is 2.38. The largest absolute Gasteiger partial charge is 0.508 e. The van der Waals surface area contributed by atoms with E-state index in [9.17, 15) is 9.90 Å². The molecule has 4 unspecified atom stereocenters. The first kappa shape index (κ1) is 47.6. The average molecular weight is 805 g/mol. The molecule has 322 valence electrons. The second-order valence-corrected chi connectivity index (χ2v) is 19.4. The summed E-state index contributed by atoms with van der Waals surface area (Å²) in [5.41, 5.74) is 7.06. The summed E-state index contributed by atoms with van der Waals surface area (Å²) in [7, 11) is 0. The molecule has 0 amide bonds. The van der Waals surface area contributed by atoms with Gasteiger partial charge in [0.2, 0.25) is 0 Å². The number of esters is 1. The van der Waals surface area contributed by atoms with E-state index in [2.05, 4.69) is 143 Å². The summed E-state index contributed by atoms with van der Waals surface area (Å²) in [6, 6.07) is 24.5. The van der Waals surface area contributed by atoms with Crippen molar-refractivity contribution in [2.24, 2.45) is 22.2 Å². The summed E-state index contributed by atoms with van der Waals surface area (Å²) < 4.78 is 17.8. The van der Waals surface area contributed by atoms with Gasteiger partial charge in [0.15, 0.2) is 6.29 Å². The van der Waals surface area contributed by atoms with Crippen molar-refractivity contribution in [3.8, 4) is 17.2 Å². The molecule has 0 radical (unpaired) electrons. The number of ether oxygens (including phenoxy) is 3. The van der Waals surface area contributed by atoms with E-state index in [0.29, 0.717) is 11.7 Å². The van der Waals surface area contributed by atoms with Crippen LogP contribution in [0.15, 0.2) is 108 Å². The average Bonchev–Trinajstić information content (AvgIpc) is 3.17. The predicted molar refractivity (Wildman–Crippen MR) is 246 cm³/mol. The van der Waals surface area contributed by atoms with Crippen molar-refractivity contribution in [1.82, 2.24) is 0 Å². The molecule has 0 spiro atoms. The number of carbonyl (C=O) groups excluding carboxylic acids is 1. The molecule has 1 aliphatic carbocycles. The minimum absolute atomic E-state index is 0.0220. The summed E-state index contributed by atoms with van der Waals surface area (Å²) in [6.07, 6.45) is 15.4. The van der Waals surface area contributed by atoms with E-state index in [0.717, 1.165) is 25.2 Å². The Morgan fingerprint density at radius 2 is 1.10 bits per heavy atom. The maximum Gasteiger partial charge on any atom is 0.308 e. The zero-order chi connectivity index (χ0) is 43.5. The minimum Gasteiger partial charge on any atom is -0.508 e. The van der Waals surface area contributed by atoms with Gasteiger partial charge in [-0.15, -0.1) is 0 Å². The minimum atomic E-state index is -0.321. The first-order chi connectivity index (χ1) is 27.8. The fourth-order valence-corrected chi connectivity index (χ4v) is 9.20. The molecule has 1 N–H and O–H groups in total. The van der Waals surface area contributed by atoms with Gasteiger partial charge < -0.3 is 19.3 Å². The van der Waals surface area contributed by atoms with Crippen LogP contribution in [0, 0.1) is 22.2 Å². The van der Waals surface area contributed by atoms with Crippen LogP contribution in [-0.4, -0.2) is 24.0 Å². The van der Waals surface area contributed by atoms with E-state index >= 15 is 0 Å². The lowest BCUT2D eigenvalue weighted by Gasteiger charge is -2.41. The van der Waals surface area contributed by atoms with E-state index in [1.165, 1.54) is 72.4 Å². The quantitative estimate of drug-likeness (QED) is 0.0600. The highest BCUT2D eigenvalue weighted by molar-refractivity contribution is 5.69. The van der Waals surface area contributed by atoms with Crippen molar-refractivity contribution >= 4 is 5.97 Å². The Bertz CT molecular complexity index is 1860. The molecular weight excluding hydrogens is 729 g/mol. The van der Waals surface area contributed by atoms with Gasteiger partial charge in [0.1, 0.15) is 17.2 Å². The second-order valence-electron chi connectivity index (χ2n) is 19.4. The zero-order valence-electron chi connectivity index (χ0n) is 38.8. The van der Waals surface area contributed by atoms with E-state index in [-0.39, 0.29) is 52.0 Å². The van der Waals surface area contributed by atoms with Gasteiger partial charge in [-0.25, -0.2) is 0 Å². The highest BCUT2D eigenvalue weighted by atomic mass is 16.7. The summed E-state index contributed by atoms with van der Waals surface area (Å²) in [4.78, 5) is 11.6. The topological polar surface area (TPSA) is 65.0 Å². The third kappa shape index (κ3) is 13.2. The first-order valence-electron chi connectivity index (χ1n) is 22.3. The SMILES string of the molecule is CC/C(=C\C(c1ccc(O)cc1)C(C)(C)/C(=C/C(c1ccc(OC(C)=O)cc1)C(C)(C)C)CC)C(C)(C)C(C=C(C)C)c1ccc(OC(C)OCC2CCCCC2)cc1. The zero-order valence-corrected chi connectivity index (χ0v) is 38.8. The van der Waals surface area contributed by atoms with Crippen LogP contribution in [0.1, 0.15) is 169 Å². The molecule has 0 aliphatic heterocycles. The molecule has 1 saturated carbocycles. The van der Waals surface area contributed by atoms with Crippen LogP contribution in [-0.2, 0) is 9.53 Å². The predicted octanol–water partition coefficient (Wildman–Crippen LogP) is 15.0. The monoisotopic (exact) mass is 805 g/mol. The fourth-order valence-electron chi connectivity index (χ4n) is 9.20. The number of phenolic OH excluding ortho intramolecular Hbond substituents is 1. The molecule has 59 heavy (non-hydrogen) atoms. The van der Waals surface area contributed by atoms with Crippen LogP contribution in [0.25, 0.3) is 0 Å². The molecule has 3 aromatic rings. The van der Waals surface area contributed by atoms with E-state index in [4.69, 9.17) is 14.2 Å². The van der Waals surface area contributed by atoms with Crippen LogP contribution in [0.4, 0.5) is 0 Å². The van der Waals surface area contributed by atoms with E-state index in [1.807, 2.05) is 31.2 Å². The van der Waals surface area contributed by atoms with E-state index in [1.54, 1.807) is 0 Å². The smallest absolute Gasteiger partial charge is 0.308 e. The number of rotatable bonds is 18. The molecule has 3 aromatic carbocycles. The summed E-state index contributed by atoms with van der Waals surface area (Å²) in [5.74, 6) is 2.24. The van der Waals surface area contributed by atoms with Crippen LogP contribution in [0.3, 0.4) is 0 Å². The standard InChI is InChI=1S/C54H76O5/c1-14-44(34-49(52(7,8)9)41-23-29-47(30-24-41)58-38(5)55)54(12,13)51(42-21-27-46(56)28-22-42)35-45(15-2)53(10,11)50(33-37(3)4)43-25-31-48(32-26-43)59-39(6)57-36-40-19-17-16-18-20-40/h21-35,39-40,49-51,56H,14-20,36H2,1-13H3/b44-34+,45-35+. The Morgan fingerprint density at radius 1 is 0.661 bits per heavy atom. The number of carbonyl (C=O) groups is 1. The maximum absolute atomic E-state index is 11.6. The Balaban J connectivity index is 1.74. The van der Waals surface area contributed by atoms with Gasteiger partial charge in [-0.05, 0) is 122 Å². The Labute approximate surface area is 358 Å². The number of aromatic hydroxyl groups is 1. The van der Waals surface area contributed by atoms with Gasteiger partial charge in [-0.1, -0.05) is 153 Å². The summed E-state index contributed by atoms with van der Waals surface area (Å²) in [5, 5.41) is 10.4. The Morgan fingerprint density at radius 3 is 1.56 bits per heavy atom. The summed E-state index contributed by atoms with van der Waals surface area (Å²) >= 11 is 0. The van der Waals surface area contributed by atoms with Crippen LogP contribution < -0.4 is 9.47 Å². The number of allylic oxidation sites excluding steroid dienone is 6. The van der Waals surface area contributed by atoms with Crippen molar-refractivity contribution in [2.45, 2.75) is 159 Å². The molecule has 5 nitrogen and oxygen atoms in total. The molecule has 1 aliphatic rings. The molecular formula is C54H76O5. The molecule has 0 heterocycles. The number of hydrogen-bond acceptors (Lipinski definition) is 5. The van der Waals surface area contributed by atoms with Gasteiger partial charge in [0.05, 0.1) is 6.61 Å². The number of hydrogen-bond donors (Lipinski definition) is 1. The van der Waals surface area contributed by atoms with Crippen molar-refractivity contribution in [3.63, 3.8) is 0 Å². The third-order valence-electron chi connectivity index (χ3n) is 12.7. The normalized spacial score (nSPS) is 16.8. The molecule has 0 saturated heterocycles. The van der Waals surface area contributed by atoms with E-state index < -0.39 is 0 Å². The second kappa shape index (κ2) is 20.9. The van der Waals surface area contributed by atoms with Crippen molar-refractivity contribution in [1.29, 1.82) is 0 Å².